The average Bonchev–Trinajstić information content (AvgIpc) is 2.55. The molecule has 0 saturated carbocycles. The number of methoxy groups -OCH3 is 1. The number of sulfonamides is 1. The Balaban J connectivity index is 2.39. The van der Waals surface area contributed by atoms with Crippen LogP contribution in [0.5, 0.6) is 5.75 Å². The maximum absolute atomic E-state index is 12.3. The molecule has 0 radical (unpaired) electrons. The molecule has 6 nitrogen and oxygen atoms in total. The van der Waals surface area contributed by atoms with Gasteiger partial charge in [0.15, 0.2) is 0 Å². The third-order valence-electron chi connectivity index (χ3n) is 3.23. The summed E-state index contributed by atoms with van der Waals surface area (Å²) in [4.78, 5) is 12.3. The summed E-state index contributed by atoms with van der Waals surface area (Å²) >= 11 is 0. The van der Waals surface area contributed by atoms with Gasteiger partial charge in [-0.2, -0.15) is 0 Å². The van der Waals surface area contributed by atoms with Crippen molar-refractivity contribution in [1.82, 2.24) is 4.31 Å². The highest BCUT2D eigenvalue weighted by molar-refractivity contribution is 7.89. The van der Waals surface area contributed by atoms with Gasteiger partial charge in [0.1, 0.15) is 5.75 Å². The van der Waals surface area contributed by atoms with E-state index in [2.05, 4.69) is 5.32 Å². The van der Waals surface area contributed by atoms with Crippen LogP contribution in [0.3, 0.4) is 0 Å². The molecule has 1 N–H and O–H groups in total. The van der Waals surface area contributed by atoms with Crippen molar-refractivity contribution < 1.29 is 17.9 Å². The van der Waals surface area contributed by atoms with E-state index in [4.69, 9.17) is 4.74 Å². The summed E-state index contributed by atoms with van der Waals surface area (Å²) in [6.07, 6.45) is 0. The maximum atomic E-state index is 12.3. The third-order valence-corrected chi connectivity index (χ3v) is 5.04. The van der Waals surface area contributed by atoms with Gasteiger partial charge in [-0.1, -0.05) is 18.2 Å². The van der Waals surface area contributed by atoms with Crippen LogP contribution in [-0.2, 0) is 10.0 Å². The van der Waals surface area contributed by atoms with Crippen molar-refractivity contribution in [2.24, 2.45) is 0 Å². The molecular formula is C16H18N2O4S. The van der Waals surface area contributed by atoms with Gasteiger partial charge in [-0.3, -0.25) is 4.79 Å². The monoisotopic (exact) mass is 334 g/mol. The Bertz CT molecular complexity index is 802. The first-order chi connectivity index (χ1) is 10.9. The first-order valence-electron chi connectivity index (χ1n) is 6.83. The molecule has 122 valence electrons. The van der Waals surface area contributed by atoms with Crippen LogP contribution in [0.2, 0.25) is 0 Å². The predicted molar refractivity (Wildman–Crippen MR) is 88.3 cm³/mol. The average molecular weight is 334 g/mol. The molecule has 2 aromatic rings. The summed E-state index contributed by atoms with van der Waals surface area (Å²) in [6.45, 7) is 0. The maximum Gasteiger partial charge on any atom is 0.255 e. The number of carbonyl (C=O) groups is 1. The van der Waals surface area contributed by atoms with Crippen molar-refractivity contribution in [2.75, 3.05) is 26.5 Å². The van der Waals surface area contributed by atoms with Gasteiger partial charge in [0.05, 0.1) is 17.7 Å². The standard InChI is InChI=1S/C16H18N2O4S/c1-18(2)23(20,21)13-9-10-15(22-3)14(11-13)17-16(19)12-7-5-4-6-8-12/h4-11H,1-3H3,(H,17,19). The highest BCUT2D eigenvalue weighted by Gasteiger charge is 2.20. The minimum atomic E-state index is -3.60. The molecule has 0 saturated heterocycles. The second kappa shape index (κ2) is 6.80. The van der Waals surface area contributed by atoms with E-state index < -0.39 is 10.0 Å². The van der Waals surface area contributed by atoms with Gasteiger partial charge >= 0.3 is 0 Å². The molecule has 23 heavy (non-hydrogen) atoms. The Labute approximate surface area is 135 Å². The van der Waals surface area contributed by atoms with Crippen LogP contribution in [0.4, 0.5) is 5.69 Å². The highest BCUT2D eigenvalue weighted by atomic mass is 32.2. The zero-order valence-electron chi connectivity index (χ0n) is 13.1. The summed E-state index contributed by atoms with van der Waals surface area (Å²) in [5.74, 6) is 0.0373. The van der Waals surface area contributed by atoms with Gasteiger partial charge in [0.2, 0.25) is 10.0 Å². The van der Waals surface area contributed by atoms with Crippen molar-refractivity contribution >= 4 is 21.6 Å². The molecule has 7 heteroatoms. The van der Waals surface area contributed by atoms with E-state index in [1.54, 1.807) is 24.3 Å². The fourth-order valence-electron chi connectivity index (χ4n) is 1.94. The summed E-state index contributed by atoms with van der Waals surface area (Å²) < 4.78 is 30.7. The van der Waals surface area contributed by atoms with Crippen molar-refractivity contribution in [1.29, 1.82) is 0 Å². The van der Waals surface area contributed by atoms with Gasteiger partial charge in [-0.25, -0.2) is 12.7 Å². The van der Waals surface area contributed by atoms with Crippen LogP contribution in [-0.4, -0.2) is 39.8 Å². The number of rotatable bonds is 5. The van der Waals surface area contributed by atoms with Crippen LogP contribution in [0.15, 0.2) is 53.4 Å². The number of nitrogens with zero attached hydrogens (tertiary/aromatic N) is 1. The van der Waals surface area contributed by atoms with E-state index in [-0.39, 0.29) is 10.8 Å². The minimum absolute atomic E-state index is 0.0756. The number of benzene rings is 2. The number of carbonyl (C=O) groups excluding carboxylic acids is 1. The molecule has 0 aliphatic carbocycles. The normalized spacial score (nSPS) is 11.3. The lowest BCUT2D eigenvalue weighted by atomic mass is 10.2. The topological polar surface area (TPSA) is 75.7 Å². The molecule has 0 aliphatic rings. The number of anilines is 1. The Morgan fingerprint density at radius 2 is 1.74 bits per heavy atom. The molecule has 2 aromatic carbocycles. The second-order valence-electron chi connectivity index (χ2n) is 4.97. The molecule has 0 aliphatic heterocycles. The zero-order valence-corrected chi connectivity index (χ0v) is 13.9. The Morgan fingerprint density at radius 1 is 1.09 bits per heavy atom. The third kappa shape index (κ3) is 3.69. The van der Waals surface area contributed by atoms with E-state index in [0.29, 0.717) is 17.0 Å². The van der Waals surface area contributed by atoms with Crippen LogP contribution >= 0.6 is 0 Å². The van der Waals surface area contributed by atoms with Gasteiger partial charge in [-0.15, -0.1) is 0 Å². The van der Waals surface area contributed by atoms with E-state index in [1.165, 1.54) is 39.4 Å². The zero-order chi connectivity index (χ0) is 17.0. The largest absolute Gasteiger partial charge is 0.495 e. The second-order valence-corrected chi connectivity index (χ2v) is 7.12. The SMILES string of the molecule is COc1ccc(S(=O)(=O)N(C)C)cc1NC(=O)c1ccccc1. The van der Waals surface area contributed by atoms with Crippen LogP contribution in [0.1, 0.15) is 10.4 Å². The molecule has 0 unspecified atom stereocenters. The summed E-state index contributed by atoms with van der Waals surface area (Å²) in [5.41, 5.74) is 0.764. The molecule has 0 atom stereocenters. The summed E-state index contributed by atoms with van der Waals surface area (Å²) in [7, 11) is 0.746. The fraction of sp³-hybridized carbons (Fsp3) is 0.188. The number of amides is 1. The molecule has 1 amide bonds. The number of nitrogens with one attached hydrogen (secondary N) is 1. The molecule has 2 rings (SSSR count). The van der Waals surface area contributed by atoms with E-state index in [9.17, 15) is 13.2 Å². The van der Waals surface area contributed by atoms with E-state index in [0.717, 1.165) is 4.31 Å². The molecule has 0 aromatic heterocycles. The highest BCUT2D eigenvalue weighted by Crippen LogP contribution is 2.28. The summed E-state index contributed by atoms with van der Waals surface area (Å²) in [6, 6.07) is 13.0. The lowest BCUT2D eigenvalue weighted by molar-refractivity contribution is 0.102. The quantitative estimate of drug-likeness (QED) is 0.909. The van der Waals surface area contributed by atoms with Gasteiger partial charge in [0.25, 0.3) is 5.91 Å². The van der Waals surface area contributed by atoms with Crippen LogP contribution < -0.4 is 10.1 Å². The lowest BCUT2D eigenvalue weighted by Crippen LogP contribution is -2.22. The Hall–Kier alpha value is -2.38. The molecule has 0 bridgehead atoms. The number of hydrogen-bond donors (Lipinski definition) is 1. The molecule has 0 fully saturated rings. The van der Waals surface area contributed by atoms with Gasteiger partial charge in [0, 0.05) is 19.7 Å². The molecular weight excluding hydrogens is 316 g/mol. The lowest BCUT2D eigenvalue weighted by Gasteiger charge is -2.15. The molecule has 0 spiro atoms. The van der Waals surface area contributed by atoms with Crippen LogP contribution in [0.25, 0.3) is 0 Å². The minimum Gasteiger partial charge on any atom is -0.495 e. The predicted octanol–water partition coefficient (Wildman–Crippen LogP) is 2.20. The van der Waals surface area contributed by atoms with E-state index >= 15 is 0 Å². The first kappa shape index (κ1) is 17.0. The van der Waals surface area contributed by atoms with Crippen molar-refractivity contribution in [3.05, 3.63) is 54.1 Å². The van der Waals surface area contributed by atoms with Crippen molar-refractivity contribution in [3.8, 4) is 5.75 Å². The Morgan fingerprint density at radius 3 is 2.30 bits per heavy atom. The van der Waals surface area contributed by atoms with Crippen LogP contribution in [0, 0.1) is 0 Å². The first-order valence-corrected chi connectivity index (χ1v) is 8.27. The van der Waals surface area contributed by atoms with E-state index in [1.807, 2.05) is 6.07 Å². The summed E-state index contributed by atoms with van der Waals surface area (Å²) in [5, 5.41) is 2.68. The number of ether oxygens (including phenoxy) is 1. The smallest absolute Gasteiger partial charge is 0.255 e. The fourth-order valence-corrected chi connectivity index (χ4v) is 2.87. The van der Waals surface area contributed by atoms with Gasteiger partial charge in [-0.05, 0) is 30.3 Å². The molecule has 0 heterocycles. The Kier molecular flexibility index (Phi) is 5.02. The number of hydrogen-bond acceptors (Lipinski definition) is 4. The van der Waals surface area contributed by atoms with Crippen molar-refractivity contribution in [2.45, 2.75) is 4.90 Å². The van der Waals surface area contributed by atoms with Crippen molar-refractivity contribution in [3.63, 3.8) is 0 Å². The van der Waals surface area contributed by atoms with Gasteiger partial charge < -0.3 is 10.1 Å².